The summed E-state index contributed by atoms with van der Waals surface area (Å²) in [5, 5.41) is 2.93. The van der Waals surface area contributed by atoms with E-state index in [-0.39, 0.29) is 5.82 Å². The van der Waals surface area contributed by atoms with E-state index in [1.807, 2.05) is 0 Å². The third-order valence-corrected chi connectivity index (χ3v) is 2.37. The molecule has 1 heterocycles. The Morgan fingerprint density at radius 2 is 1.93 bits per heavy atom. The molecule has 0 saturated carbocycles. The van der Waals surface area contributed by atoms with Crippen LogP contribution in [0.3, 0.4) is 0 Å². The standard InChI is InChI=1S/C9H8FN3S/c1-11-9-8(12-14-13-9)6-2-4-7(10)5-3-6/h2-5H,1H3,(H,11,13). The van der Waals surface area contributed by atoms with E-state index in [2.05, 4.69) is 14.1 Å². The van der Waals surface area contributed by atoms with Gasteiger partial charge in [-0.05, 0) is 24.3 Å². The maximum atomic E-state index is 12.7. The smallest absolute Gasteiger partial charge is 0.167 e. The van der Waals surface area contributed by atoms with E-state index in [9.17, 15) is 4.39 Å². The maximum absolute atomic E-state index is 12.7. The van der Waals surface area contributed by atoms with Gasteiger partial charge in [-0.1, -0.05) is 0 Å². The Kier molecular flexibility index (Phi) is 2.41. The van der Waals surface area contributed by atoms with Crippen molar-refractivity contribution in [2.75, 3.05) is 12.4 Å². The van der Waals surface area contributed by atoms with Crippen LogP contribution in [0, 0.1) is 5.82 Å². The fraction of sp³-hybridized carbons (Fsp3) is 0.111. The first-order valence-electron chi connectivity index (χ1n) is 4.07. The molecule has 0 bridgehead atoms. The van der Waals surface area contributed by atoms with Gasteiger partial charge in [0.15, 0.2) is 5.82 Å². The number of anilines is 1. The van der Waals surface area contributed by atoms with Gasteiger partial charge < -0.3 is 5.32 Å². The zero-order valence-electron chi connectivity index (χ0n) is 7.49. The molecule has 0 aliphatic carbocycles. The van der Waals surface area contributed by atoms with Gasteiger partial charge >= 0.3 is 0 Å². The first-order valence-corrected chi connectivity index (χ1v) is 4.80. The second-order valence-electron chi connectivity index (χ2n) is 2.72. The quantitative estimate of drug-likeness (QED) is 0.825. The molecule has 0 aliphatic heterocycles. The van der Waals surface area contributed by atoms with Crippen molar-refractivity contribution in [3.63, 3.8) is 0 Å². The summed E-state index contributed by atoms with van der Waals surface area (Å²) in [6.45, 7) is 0. The molecule has 0 aliphatic rings. The van der Waals surface area contributed by atoms with E-state index in [1.54, 1.807) is 19.2 Å². The summed E-state index contributed by atoms with van der Waals surface area (Å²) in [6.07, 6.45) is 0. The molecule has 72 valence electrons. The number of nitrogens with zero attached hydrogens (tertiary/aromatic N) is 2. The van der Waals surface area contributed by atoms with Crippen LogP contribution in [0.15, 0.2) is 24.3 Å². The second kappa shape index (κ2) is 3.71. The summed E-state index contributed by atoms with van der Waals surface area (Å²) < 4.78 is 20.9. The van der Waals surface area contributed by atoms with Gasteiger partial charge in [0.05, 0.1) is 11.7 Å². The maximum Gasteiger partial charge on any atom is 0.167 e. The Hall–Kier alpha value is -1.49. The zero-order chi connectivity index (χ0) is 9.97. The molecule has 0 spiro atoms. The van der Waals surface area contributed by atoms with Crippen LogP contribution in [-0.2, 0) is 0 Å². The fourth-order valence-electron chi connectivity index (χ4n) is 1.15. The number of halogens is 1. The van der Waals surface area contributed by atoms with Crippen molar-refractivity contribution in [3.8, 4) is 11.3 Å². The Balaban J connectivity index is 2.44. The highest BCUT2D eigenvalue weighted by Gasteiger charge is 2.08. The van der Waals surface area contributed by atoms with Crippen molar-refractivity contribution in [1.29, 1.82) is 0 Å². The minimum Gasteiger partial charge on any atom is -0.370 e. The summed E-state index contributed by atoms with van der Waals surface area (Å²) >= 11 is 1.13. The average Bonchev–Trinajstić information content (AvgIpc) is 2.67. The Bertz CT molecular complexity index is 424. The molecule has 14 heavy (non-hydrogen) atoms. The summed E-state index contributed by atoms with van der Waals surface area (Å²) in [6, 6.07) is 6.20. The lowest BCUT2D eigenvalue weighted by Crippen LogP contribution is -1.90. The van der Waals surface area contributed by atoms with E-state index >= 15 is 0 Å². The monoisotopic (exact) mass is 209 g/mol. The summed E-state index contributed by atoms with van der Waals surface area (Å²) in [5.41, 5.74) is 1.63. The van der Waals surface area contributed by atoms with Gasteiger partial charge in [-0.3, -0.25) is 0 Å². The Morgan fingerprint density at radius 1 is 1.21 bits per heavy atom. The summed E-state index contributed by atoms with van der Waals surface area (Å²) in [5.74, 6) is 0.476. The number of hydrogen-bond acceptors (Lipinski definition) is 4. The van der Waals surface area contributed by atoms with Gasteiger partial charge in [-0.2, -0.15) is 8.75 Å². The minimum absolute atomic E-state index is 0.247. The van der Waals surface area contributed by atoms with Crippen LogP contribution in [0.2, 0.25) is 0 Å². The molecule has 1 N–H and O–H groups in total. The van der Waals surface area contributed by atoms with E-state index in [0.717, 1.165) is 28.8 Å². The second-order valence-corrected chi connectivity index (χ2v) is 3.25. The van der Waals surface area contributed by atoms with Crippen molar-refractivity contribution in [2.24, 2.45) is 0 Å². The average molecular weight is 209 g/mol. The van der Waals surface area contributed by atoms with Gasteiger partial charge in [-0.25, -0.2) is 4.39 Å². The van der Waals surface area contributed by atoms with E-state index in [4.69, 9.17) is 0 Å². The topological polar surface area (TPSA) is 37.8 Å². The molecule has 0 saturated heterocycles. The lowest BCUT2D eigenvalue weighted by Gasteiger charge is -1.99. The number of rotatable bonds is 2. The highest BCUT2D eigenvalue weighted by atomic mass is 32.1. The summed E-state index contributed by atoms with van der Waals surface area (Å²) in [7, 11) is 1.78. The molecule has 1 aromatic carbocycles. The molecular formula is C9H8FN3S. The minimum atomic E-state index is -0.247. The van der Waals surface area contributed by atoms with Crippen LogP contribution >= 0.6 is 11.7 Å². The summed E-state index contributed by atoms with van der Waals surface area (Å²) in [4.78, 5) is 0. The van der Waals surface area contributed by atoms with Crippen molar-refractivity contribution in [3.05, 3.63) is 30.1 Å². The van der Waals surface area contributed by atoms with Gasteiger partial charge in [0.1, 0.15) is 11.5 Å². The van der Waals surface area contributed by atoms with Crippen LogP contribution < -0.4 is 5.32 Å². The molecule has 3 nitrogen and oxygen atoms in total. The molecule has 5 heteroatoms. The molecule has 0 radical (unpaired) electrons. The third-order valence-electron chi connectivity index (χ3n) is 1.84. The van der Waals surface area contributed by atoms with E-state index < -0.39 is 0 Å². The first-order chi connectivity index (χ1) is 6.81. The molecule has 2 rings (SSSR count). The third kappa shape index (κ3) is 1.58. The van der Waals surface area contributed by atoms with Gasteiger partial charge in [0.2, 0.25) is 0 Å². The fourth-order valence-corrected chi connectivity index (χ4v) is 1.72. The van der Waals surface area contributed by atoms with Crippen LogP contribution in [0.1, 0.15) is 0 Å². The molecule has 2 aromatic rings. The van der Waals surface area contributed by atoms with Gasteiger partial charge in [0, 0.05) is 12.6 Å². The van der Waals surface area contributed by atoms with Crippen LogP contribution in [0.25, 0.3) is 11.3 Å². The first kappa shape index (κ1) is 9.08. The van der Waals surface area contributed by atoms with Crippen LogP contribution in [0.4, 0.5) is 10.2 Å². The van der Waals surface area contributed by atoms with Gasteiger partial charge in [0.25, 0.3) is 0 Å². The van der Waals surface area contributed by atoms with Crippen molar-refractivity contribution < 1.29 is 4.39 Å². The predicted octanol–water partition coefficient (Wildman–Crippen LogP) is 2.39. The molecule has 0 fully saturated rings. The zero-order valence-corrected chi connectivity index (χ0v) is 8.31. The van der Waals surface area contributed by atoms with Crippen molar-refractivity contribution in [2.45, 2.75) is 0 Å². The number of benzene rings is 1. The lowest BCUT2D eigenvalue weighted by molar-refractivity contribution is 0.628. The molecular weight excluding hydrogens is 201 g/mol. The van der Waals surface area contributed by atoms with E-state index in [1.165, 1.54) is 12.1 Å². The van der Waals surface area contributed by atoms with Crippen molar-refractivity contribution in [1.82, 2.24) is 8.75 Å². The number of nitrogens with one attached hydrogen (secondary N) is 1. The van der Waals surface area contributed by atoms with Gasteiger partial charge in [-0.15, -0.1) is 0 Å². The SMILES string of the molecule is CNc1nsnc1-c1ccc(F)cc1. The van der Waals surface area contributed by atoms with E-state index in [0.29, 0.717) is 0 Å². The largest absolute Gasteiger partial charge is 0.370 e. The number of hydrogen-bond donors (Lipinski definition) is 1. The van der Waals surface area contributed by atoms with Crippen LogP contribution in [-0.4, -0.2) is 15.8 Å². The molecule has 0 atom stereocenters. The Morgan fingerprint density at radius 3 is 2.57 bits per heavy atom. The lowest BCUT2D eigenvalue weighted by atomic mass is 10.1. The Labute approximate surface area is 84.9 Å². The number of aromatic nitrogens is 2. The van der Waals surface area contributed by atoms with Crippen molar-refractivity contribution >= 4 is 17.5 Å². The highest BCUT2D eigenvalue weighted by molar-refractivity contribution is 6.99. The molecule has 0 amide bonds. The molecule has 1 aromatic heterocycles. The van der Waals surface area contributed by atoms with Crippen LogP contribution in [0.5, 0.6) is 0 Å². The normalized spacial score (nSPS) is 10.1. The predicted molar refractivity (Wildman–Crippen MR) is 54.8 cm³/mol. The highest BCUT2D eigenvalue weighted by Crippen LogP contribution is 2.25. The molecule has 0 unspecified atom stereocenters.